The van der Waals surface area contributed by atoms with E-state index < -0.39 is 5.97 Å². The molecule has 0 saturated carbocycles. The Morgan fingerprint density at radius 2 is 2.20 bits per heavy atom. The molecule has 0 radical (unpaired) electrons. The molecule has 0 unspecified atom stereocenters. The summed E-state index contributed by atoms with van der Waals surface area (Å²) in [5, 5.41) is 13.1. The van der Waals surface area contributed by atoms with E-state index in [2.05, 4.69) is 5.10 Å². The van der Waals surface area contributed by atoms with Gasteiger partial charge in [0.2, 0.25) is 0 Å². The summed E-state index contributed by atoms with van der Waals surface area (Å²) in [5.74, 6) is -0.963. The summed E-state index contributed by atoms with van der Waals surface area (Å²) in [4.78, 5) is 22.9. The van der Waals surface area contributed by atoms with Gasteiger partial charge in [0.05, 0.1) is 18.7 Å². The van der Waals surface area contributed by atoms with Gasteiger partial charge in [-0.1, -0.05) is 6.92 Å². The minimum absolute atomic E-state index is 0.184. The van der Waals surface area contributed by atoms with Crippen molar-refractivity contribution in [3.63, 3.8) is 0 Å². The van der Waals surface area contributed by atoms with Crippen LogP contribution in [0.5, 0.6) is 0 Å². The summed E-state index contributed by atoms with van der Waals surface area (Å²) in [6.07, 6.45) is 0.645. The number of hydrogen-bond donors (Lipinski definition) is 1. The first-order valence-electron chi connectivity index (χ1n) is 6.39. The maximum Gasteiger partial charge on any atom is 0.309 e. The van der Waals surface area contributed by atoms with Crippen LogP contribution >= 0.6 is 0 Å². The number of carbonyl (C=O) groups is 1. The summed E-state index contributed by atoms with van der Waals surface area (Å²) in [5.41, 5.74) is 1.40. The largest absolute Gasteiger partial charge is 0.481 e. The third-order valence-corrected chi connectivity index (χ3v) is 2.94. The highest BCUT2D eigenvalue weighted by molar-refractivity contribution is 5.69. The van der Waals surface area contributed by atoms with Crippen LogP contribution in [0.1, 0.15) is 24.7 Å². The molecular formula is C13H17N3O4. The molecule has 0 atom stereocenters. The van der Waals surface area contributed by atoms with Gasteiger partial charge in [0.1, 0.15) is 5.65 Å². The third-order valence-electron chi connectivity index (χ3n) is 2.94. The second-order valence-corrected chi connectivity index (χ2v) is 4.53. The van der Waals surface area contributed by atoms with Crippen molar-refractivity contribution in [2.75, 3.05) is 7.11 Å². The minimum atomic E-state index is -0.963. The first-order valence-corrected chi connectivity index (χ1v) is 6.39. The lowest BCUT2D eigenvalue weighted by Crippen LogP contribution is -2.22. The van der Waals surface area contributed by atoms with Gasteiger partial charge >= 0.3 is 5.97 Å². The lowest BCUT2D eigenvalue weighted by atomic mass is 10.2. The summed E-state index contributed by atoms with van der Waals surface area (Å²) in [6.45, 7) is 2.93. The summed E-state index contributed by atoms with van der Waals surface area (Å²) in [6, 6.07) is 3.09. The Morgan fingerprint density at radius 3 is 2.80 bits per heavy atom. The fourth-order valence-electron chi connectivity index (χ4n) is 2.20. The zero-order valence-electron chi connectivity index (χ0n) is 11.5. The molecule has 0 saturated heterocycles. The molecule has 0 bridgehead atoms. The molecule has 0 fully saturated rings. The van der Waals surface area contributed by atoms with Gasteiger partial charge in [-0.05, 0) is 6.42 Å². The topological polar surface area (TPSA) is 85.8 Å². The number of aliphatic carboxylic acids is 1. The number of nitrogens with zero attached hydrogens (tertiary/aromatic N) is 3. The van der Waals surface area contributed by atoms with E-state index in [4.69, 9.17) is 9.84 Å². The van der Waals surface area contributed by atoms with Crippen molar-refractivity contribution in [1.29, 1.82) is 0 Å². The SMILES string of the molecule is CCCn1c(CC(=O)O)cc(=O)n2nc(COC)cc12. The number of carboxylic acids is 1. The number of fused-ring (bicyclic) bond motifs is 1. The molecule has 2 rings (SSSR count). The van der Waals surface area contributed by atoms with E-state index >= 15 is 0 Å². The Hall–Kier alpha value is -2.15. The fraction of sp³-hybridized carbons (Fsp3) is 0.462. The Labute approximate surface area is 115 Å². The molecule has 0 aliphatic carbocycles. The van der Waals surface area contributed by atoms with Crippen LogP contribution in [-0.2, 0) is 29.1 Å². The van der Waals surface area contributed by atoms with Crippen LogP contribution in [0.15, 0.2) is 16.9 Å². The Bertz CT molecular complexity index is 687. The highest BCUT2D eigenvalue weighted by Gasteiger charge is 2.14. The molecule has 108 valence electrons. The van der Waals surface area contributed by atoms with Crippen LogP contribution in [0.3, 0.4) is 0 Å². The molecule has 1 N–H and O–H groups in total. The average molecular weight is 279 g/mol. The minimum Gasteiger partial charge on any atom is -0.481 e. The zero-order valence-corrected chi connectivity index (χ0v) is 11.5. The van der Waals surface area contributed by atoms with Crippen molar-refractivity contribution in [1.82, 2.24) is 14.2 Å². The normalized spacial score (nSPS) is 11.1. The van der Waals surface area contributed by atoms with Crippen molar-refractivity contribution < 1.29 is 14.6 Å². The maximum absolute atomic E-state index is 12.0. The highest BCUT2D eigenvalue weighted by Crippen LogP contribution is 2.11. The van der Waals surface area contributed by atoms with Crippen LogP contribution in [0.25, 0.3) is 5.65 Å². The second kappa shape index (κ2) is 5.87. The molecule has 0 aliphatic heterocycles. The van der Waals surface area contributed by atoms with E-state index in [9.17, 15) is 9.59 Å². The monoisotopic (exact) mass is 279 g/mol. The smallest absolute Gasteiger partial charge is 0.309 e. The van der Waals surface area contributed by atoms with Gasteiger partial charge < -0.3 is 14.4 Å². The van der Waals surface area contributed by atoms with Crippen molar-refractivity contribution >= 4 is 11.6 Å². The lowest BCUT2D eigenvalue weighted by molar-refractivity contribution is -0.136. The number of methoxy groups -OCH3 is 1. The first kappa shape index (κ1) is 14.3. The molecule has 0 aromatic carbocycles. The van der Waals surface area contributed by atoms with Crippen LogP contribution in [0, 0.1) is 0 Å². The number of carboxylic acid groups (broad SMARTS) is 1. The van der Waals surface area contributed by atoms with E-state index in [0.717, 1.165) is 6.42 Å². The van der Waals surface area contributed by atoms with Crippen LogP contribution in [0.4, 0.5) is 0 Å². The Morgan fingerprint density at radius 1 is 1.45 bits per heavy atom. The number of ether oxygens (including phenoxy) is 1. The second-order valence-electron chi connectivity index (χ2n) is 4.53. The Balaban J connectivity index is 2.65. The number of aromatic nitrogens is 3. The summed E-state index contributed by atoms with van der Waals surface area (Å²) >= 11 is 0. The van der Waals surface area contributed by atoms with Gasteiger partial charge in [-0.2, -0.15) is 9.61 Å². The van der Waals surface area contributed by atoms with Crippen LogP contribution < -0.4 is 5.56 Å². The van der Waals surface area contributed by atoms with E-state index in [-0.39, 0.29) is 12.0 Å². The molecular weight excluding hydrogens is 262 g/mol. The molecule has 0 aliphatic rings. The van der Waals surface area contributed by atoms with Gasteiger partial charge in [0, 0.05) is 31.5 Å². The molecule has 2 heterocycles. The molecule has 20 heavy (non-hydrogen) atoms. The predicted octanol–water partition coefficient (Wildman–Crippen LogP) is 0.679. The quantitative estimate of drug-likeness (QED) is 0.840. The van der Waals surface area contributed by atoms with Gasteiger partial charge in [-0.15, -0.1) is 0 Å². The average Bonchev–Trinajstić information content (AvgIpc) is 2.78. The predicted molar refractivity (Wildman–Crippen MR) is 71.8 cm³/mol. The van der Waals surface area contributed by atoms with Crippen molar-refractivity contribution in [3.8, 4) is 0 Å². The van der Waals surface area contributed by atoms with Gasteiger partial charge in [0.25, 0.3) is 5.56 Å². The van der Waals surface area contributed by atoms with Crippen molar-refractivity contribution in [3.05, 3.63) is 33.9 Å². The highest BCUT2D eigenvalue weighted by atomic mass is 16.5. The van der Waals surface area contributed by atoms with Crippen molar-refractivity contribution in [2.24, 2.45) is 0 Å². The van der Waals surface area contributed by atoms with E-state index in [1.807, 2.05) is 11.5 Å². The molecule has 0 amide bonds. The summed E-state index contributed by atoms with van der Waals surface area (Å²) < 4.78 is 8.12. The number of rotatable bonds is 6. The molecule has 2 aromatic rings. The zero-order chi connectivity index (χ0) is 14.7. The third kappa shape index (κ3) is 2.72. The van der Waals surface area contributed by atoms with Crippen LogP contribution in [-0.4, -0.2) is 32.4 Å². The Kier molecular flexibility index (Phi) is 4.19. The van der Waals surface area contributed by atoms with Gasteiger partial charge in [0.15, 0.2) is 0 Å². The van der Waals surface area contributed by atoms with E-state index in [0.29, 0.717) is 30.2 Å². The molecule has 2 aromatic heterocycles. The molecule has 7 heteroatoms. The standard InChI is InChI=1S/C13H17N3O4/c1-3-4-15-10(7-13(18)19)6-12(17)16-11(15)5-9(14-16)8-20-2/h5-6H,3-4,7-8H2,1-2H3,(H,18,19). The van der Waals surface area contributed by atoms with E-state index in [1.165, 1.54) is 10.6 Å². The lowest BCUT2D eigenvalue weighted by Gasteiger charge is -2.12. The maximum atomic E-state index is 12.0. The first-order chi connectivity index (χ1) is 9.56. The fourth-order valence-corrected chi connectivity index (χ4v) is 2.20. The number of aryl methyl sites for hydroxylation is 1. The van der Waals surface area contributed by atoms with Gasteiger partial charge in [-0.25, -0.2) is 0 Å². The molecule has 7 nitrogen and oxygen atoms in total. The van der Waals surface area contributed by atoms with E-state index in [1.54, 1.807) is 13.2 Å². The van der Waals surface area contributed by atoms with Gasteiger partial charge in [-0.3, -0.25) is 9.59 Å². The summed E-state index contributed by atoms with van der Waals surface area (Å²) in [7, 11) is 1.55. The van der Waals surface area contributed by atoms with Crippen molar-refractivity contribution in [2.45, 2.75) is 32.9 Å². The molecule has 0 spiro atoms. The van der Waals surface area contributed by atoms with Crippen LogP contribution in [0.2, 0.25) is 0 Å². The number of hydrogen-bond acceptors (Lipinski definition) is 4.